The van der Waals surface area contributed by atoms with Gasteiger partial charge in [-0.15, -0.1) is 0 Å². The minimum absolute atomic E-state index is 0.0323. The van der Waals surface area contributed by atoms with Crippen LogP contribution < -0.4 is 5.32 Å². The molecule has 2 rings (SSSR count). The molecule has 0 aromatic heterocycles. The second kappa shape index (κ2) is 7.99. The zero-order chi connectivity index (χ0) is 16.7. The Morgan fingerprint density at radius 1 is 1.17 bits per heavy atom. The van der Waals surface area contributed by atoms with Crippen molar-refractivity contribution in [1.82, 2.24) is 10.2 Å². The fraction of sp³-hybridized carbons (Fsp3) is 0.556. The van der Waals surface area contributed by atoms with Gasteiger partial charge in [-0.25, -0.2) is 4.79 Å². The van der Waals surface area contributed by atoms with E-state index in [0.717, 1.165) is 24.8 Å². The molecule has 1 aromatic rings. The largest absolute Gasteiger partial charge is 0.465 e. The van der Waals surface area contributed by atoms with Gasteiger partial charge in [0.2, 0.25) is 5.91 Å². The number of carbonyl (C=O) groups excluding carboxylic acids is 1. The third-order valence-corrected chi connectivity index (χ3v) is 4.71. The van der Waals surface area contributed by atoms with E-state index >= 15 is 0 Å². The van der Waals surface area contributed by atoms with E-state index in [1.807, 2.05) is 30.3 Å². The summed E-state index contributed by atoms with van der Waals surface area (Å²) in [6, 6.07) is 9.75. The number of hydrogen-bond acceptors (Lipinski definition) is 2. The fourth-order valence-corrected chi connectivity index (χ4v) is 3.23. The molecule has 2 amide bonds. The van der Waals surface area contributed by atoms with Crippen LogP contribution in [-0.2, 0) is 10.2 Å². The highest BCUT2D eigenvalue weighted by Gasteiger charge is 2.43. The Labute approximate surface area is 137 Å². The molecule has 0 unspecified atom stereocenters. The van der Waals surface area contributed by atoms with Crippen LogP contribution >= 0.6 is 0 Å². The average Bonchev–Trinajstić information content (AvgIpc) is 2.59. The van der Waals surface area contributed by atoms with Gasteiger partial charge in [0.25, 0.3) is 0 Å². The standard InChI is InChI=1S/C18H26N2O3/c1-2-3-7-12-19-16(21)18(15-8-5-4-6-9-15)10-13-20(14-11-18)17(22)23/h4-6,8-9H,2-3,7,10-14H2,1H3,(H,19,21)(H,22,23). The molecular weight excluding hydrogens is 292 g/mol. The first kappa shape index (κ1) is 17.3. The lowest BCUT2D eigenvalue weighted by atomic mass is 9.72. The monoisotopic (exact) mass is 318 g/mol. The van der Waals surface area contributed by atoms with Gasteiger partial charge >= 0.3 is 6.09 Å². The summed E-state index contributed by atoms with van der Waals surface area (Å²) in [5.41, 5.74) is 0.373. The summed E-state index contributed by atoms with van der Waals surface area (Å²) in [6.45, 7) is 3.61. The smallest absolute Gasteiger partial charge is 0.407 e. The van der Waals surface area contributed by atoms with E-state index in [2.05, 4.69) is 12.2 Å². The summed E-state index contributed by atoms with van der Waals surface area (Å²) in [7, 11) is 0. The number of carbonyl (C=O) groups is 2. The minimum atomic E-state index is -0.907. The van der Waals surface area contributed by atoms with Crippen LogP contribution in [-0.4, -0.2) is 41.6 Å². The van der Waals surface area contributed by atoms with Gasteiger partial charge in [-0.1, -0.05) is 50.1 Å². The number of hydrogen-bond donors (Lipinski definition) is 2. The van der Waals surface area contributed by atoms with Crippen LogP contribution in [0.3, 0.4) is 0 Å². The predicted octanol–water partition coefficient (Wildman–Crippen LogP) is 3.00. The summed E-state index contributed by atoms with van der Waals surface area (Å²) in [5, 5.41) is 12.2. The van der Waals surface area contributed by atoms with Crippen LogP contribution in [0.5, 0.6) is 0 Å². The van der Waals surface area contributed by atoms with E-state index in [-0.39, 0.29) is 5.91 Å². The van der Waals surface area contributed by atoms with Gasteiger partial charge in [0.15, 0.2) is 0 Å². The summed E-state index contributed by atoms with van der Waals surface area (Å²) >= 11 is 0. The van der Waals surface area contributed by atoms with Gasteiger partial charge in [-0.05, 0) is 24.8 Å². The molecule has 1 aliphatic rings. The first-order chi connectivity index (χ1) is 11.1. The Balaban J connectivity index is 2.13. The van der Waals surface area contributed by atoms with Gasteiger partial charge in [-0.2, -0.15) is 0 Å². The molecule has 0 atom stereocenters. The lowest BCUT2D eigenvalue weighted by Gasteiger charge is -2.40. The maximum Gasteiger partial charge on any atom is 0.407 e. The van der Waals surface area contributed by atoms with Gasteiger partial charge in [0.05, 0.1) is 5.41 Å². The number of rotatable bonds is 6. The molecule has 1 saturated heterocycles. The Morgan fingerprint density at radius 3 is 2.39 bits per heavy atom. The van der Waals surface area contributed by atoms with E-state index in [9.17, 15) is 9.59 Å². The lowest BCUT2D eigenvalue weighted by molar-refractivity contribution is -0.128. The quantitative estimate of drug-likeness (QED) is 0.792. The molecule has 1 fully saturated rings. The molecule has 0 aliphatic carbocycles. The van der Waals surface area contributed by atoms with E-state index in [4.69, 9.17) is 5.11 Å². The maximum atomic E-state index is 12.9. The van der Waals surface area contributed by atoms with Crippen molar-refractivity contribution in [2.75, 3.05) is 19.6 Å². The van der Waals surface area contributed by atoms with Gasteiger partial charge in [0, 0.05) is 19.6 Å². The van der Waals surface area contributed by atoms with Crippen molar-refractivity contribution in [3.8, 4) is 0 Å². The molecule has 23 heavy (non-hydrogen) atoms. The van der Waals surface area contributed by atoms with Crippen LogP contribution in [0, 0.1) is 0 Å². The molecule has 2 N–H and O–H groups in total. The number of carboxylic acid groups (broad SMARTS) is 1. The number of amides is 2. The molecule has 0 spiro atoms. The number of nitrogens with one attached hydrogen (secondary N) is 1. The predicted molar refractivity (Wildman–Crippen MR) is 89.5 cm³/mol. The van der Waals surface area contributed by atoms with Crippen molar-refractivity contribution in [3.63, 3.8) is 0 Å². The molecule has 1 heterocycles. The molecule has 5 heteroatoms. The van der Waals surface area contributed by atoms with E-state index in [0.29, 0.717) is 32.5 Å². The Kier molecular flexibility index (Phi) is 6.02. The van der Waals surface area contributed by atoms with Crippen molar-refractivity contribution < 1.29 is 14.7 Å². The highest BCUT2D eigenvalue weighted by Crippen LogP contribution is 2.36. The summed E-state index contributed by atoms with van der Waals surface area (Å²) in [4.78, 5) is 25.4. The third kappa shape index (κ3) is 4.03. The third-order valence-electron chi connectivity index (χ3n) is 4.71. The van der Waals surface area contributed by atoms with Crippen LogP contribution in [0.15, 0.2) is 30.3 Å². The Bertz CT molecular complexity index is 522. The fourth-order valence-electron chi connectivity index (χ4n) is 3.23. The highest BCUT2D eigenvalue weighted by molar-refractivity contribution is 5.88. The summed E-state index contributed by atoms with van der Waals surface area (Å²) < 4.78 is 0. The molecule has 1 aromatic carbocycles. The molecular formula is C18H26N2O3. The molecule has 0 bridgehead atoms. The van der Waals surface area contributed by atoms with Gasteiger partial charge in [0.1, 0.15) is 0 Å². The molecule has 5 nitrogen and oxygen atoms in total. The Hall–Kier alpha value is -2.04. The van der Waals surface area contributed by atoms with Crippen molar-refractivity contribution in [1.29, 1.82) is 0 Å². The zero-order valence-corrected chi connectivity index (χ0v) is 13.8. The van der Waals surface area contributed by atoms with E-state index in [1.165, 1.54) is 4.90 Å². The second-order valence-corrected chi connectivity index (χ2v) is 6.18. The Morgan fingerprint density at radius 2 is 1.83 bits per heavy atom. The average molecular weight is 318 g/mol. The number of unbranched alkanes of at least 4 members (excludes halogenated alkanes) is 2. The van der Waals surface area contributed by atoms with Crippen LogP contribution in [0.2, 0.25) is 0 Å². The minimum Gasteiger partial charge on any atom is -0.465 e. The van der Waals surface area contributed by atoms with Gasteiger partial charge < -0.3 is 15.3 Å². The van der Waals surface area contributed by atoms with E-state index in [1.54, 1.807) is 0 Å². The number of piperidine rings is 1. The van der Waals surface area contributed by atoms with Crippen LogP contribution in [0.25, 0.3) is 0 Å². The number of nitrogens with zero attached hydrogens (tertiary/aromatic N) is 1. The zero-order valence-electron chi connectivity index (χ0n) is 13.8. The molecule has 1 aliphatic heterocycles. The highest BCUT2D eigenvalue weighted by atomic mass is 16.4. The topological polar surface area (TPSA) is 69.6 Å². The lowest BCUT2D eigenvalue weighted by Crippen LogP contribution is -2.52. The molecule has 0 saturated carbocycles. The number of likely N-dealkylation sites (tertiary alicyclic amines) is 1. The SMILES string of the molecule is CCCCCNC(=O)C1(c2ccccc2)CCN(C(=O)O)CC1. The molecule has 126 valence electrons. The first-order valence-corrected chi connectivity index (χ1v) is 8.42. The van der Waals surface area contributed by atoms with Crippen molar-refractivity contribution >= 4 is 12.0 Å². The summed E-state index contributed by atoms with van der Waals surface area (Å²) in [5.74, 6) is 0.0323. The normalized spacial score (nSPS) is 16.8. The molecule has 0 radical (unpaired) electrons. The maximum absolute atomic E-state index is 12.9. The summed E-state index contributed by atoms with van der Waals surface area (Å²) in [6.07, 6.45) is 3.36. The first-order valence-electron chi connectivity index (χ1n) is 8.42. The second-order valence-electron chi connectivity index (χ2n) is 6.18. The van der Waals surface area contributed by atoms with E-state index < -0.39 is 11.5 Å². The van der Waals surface area contributed by atoms with Crippen molar-refractivity contribution in [2.24, 2.45) is 0 Å². The van der Waals surface area contributed by atoms with Crippen molar-refractivity contribution in [2.45, 2.75) is 44.4 Å². The van der Waals surface area contributed by atoms with Gasteiger partial charge in [-0.3, -0.25) is 4.79 Å². The van der Waals surface area contributed by atoms with Crippen LogP contribution in [0.1, 0.15) is 44.6 Å². The number of benzene rings is 1. The van der Waals surface area contributed by atoms with Crippen molar-refractivity contribution in [3.05, 3.63) is 35.9 Å². The van der Waals surface area contributed by atoms with Crippen LogP contribution in [0.4, 0.5) is 4.79 Å².